The van der Waals surface area contributed by atoms with E-state index in [2.05, 4.69) is 11.2 Å². The van der Waals surface area contributed by atoms with Gasteiger partial charge in [0.15, 0.2) is 6.29 Å². The highest BCUT2D eigenvalue weighted by Gasteiger charge is 2.15. The molecule has 144 valence electrons. The second kappa shape index (κ2) is 9.53. The van der Waals surface area contributed by atoms with E-state index in [0.717, 1.165) is 60.3 Å². The lowest BCUT2D eigenvalue weighted by molar-refractivity contribution is -0.161. The zero-order valence-corrected chi connectivity index (χ0v) is 16.0. The van der Waals surface area contributed by atoms with Crippen LogP contribution >= 0.6 is 0 Å². The standard InChI is InChI=1S/C22H27NO4/c1-16(23-24)21-11-8-18(17-6-9-20(25-2)10-7-17)15-19(21)12-14-27-22-5-3-4-13-26-22/h6-11,15,22,24H,3-5,12-14H2,1-2H3. The first-order valence-corrected chi connectivity index (χ1v) is 9.41. The van der Waals surface area contributed by atoms with Crippen LogP contribution in [-0.4, -0.2) is 37.5 Å². The Hall–Kier alpha value is -2.37. The van der Waals surface area contributed by atoms with Crippen LogP contribution in [0.2, 0.25) is 0 Å². The van der Waals surface area contributed by atoms with Crippen LogP contribution in [0.25, 0.3) is 11.1 Å². The predicted octanol–water partition coefficient (Wildman–Crippen LogP) is 4.65. The Morgan fingerprint density at radius 3 is 2.59 bits per heavy atom. The molecule has 1 N–H and O–H groups in total. The van der Waals surface area contributed by atoms with Crippen molar-refractivity contribution in [1.29, 1.82) is 0 Å². The maximum absolute atomic E-state index is 9.21. The summed E-state index contributed by atoms with van der Waals surface area (Å²) in [6, 6.07) is 14.2. The summed E-state index contributed by atoms with van der Waals surface area (Å²) in [6.07, 6.45) is 3.85. The summed E-state index contributed by atoms with van der Waals surface area (Å²) in [6.45, 7) is 3.15. The van der Waals surface area contributed by atoms with Gasteiger partial charge in [-0.05, 0) is 61.4 Å². The van der Waals surface area contributed by atoms with E-state index in [1.54, 1.807) is 14.0 Å². The fourth-order valence-electron chi connectivity index (χ4n) is 3.31. The molecule has 0 spiro atoms. The van der Waals surface area contributed by atoms with Crippen molar-refractivity contribution >= 4 is 5.71 Å². The molecule has 1 aliphatic heterocycles. The van der Waals surface area contributed by atoms with E-state index in [9.17, 15) is 5.21 Å². The average Bonchev–Trinajstić information content (AvgIpc) is 2.74. The molecule has 5 nitrogen and oxygen atoms in total. The molecule has 0 amide bonds. The molecular weight excluding hydrogens is 342 g/mol. The van der Waals surface area contributed by atoms with Crippen LogP contribution in [0, 0.1) is 0 Å². The van der Waals surface area contributed by atoms with Gasteiger partial charge < -0.3 is 19.4 Å². The Morgan fingerprint density at radius 1 is 1.15 bits per heavy atom. The number of hydrogen-bond donors (Lipinski definition) is 1. The van der Waals surface area contributed by atoms with Gasteiger partial charge in [-0.15, -0.1) is 0 Å². The maximum atomic E-state index is 9.21. The molecule has 0 aromatic heterocycles. The second-order valence-corrected chi connectivity index (χ2v) is 6.70. The Morgan fingerprint density at radius 2 is 1.93 bits per heavy atom. The zero-order chi connectivity index (χ0) is 19.1. The smallest absolute Gasteiger partial charge is 0.157 e. The molecule has 0 saturated carbocycles. The summed E-state index contributed by atoms with van der Waals surface area (Å²) in [7, 11) is 1.66. The third-order valence-electron chi connectivity index (χ3n) is 4.88. The van der Waals surface area contributed by atoms with Crippen molar-refractivity contribution in [1.82, 2.24) is 0 Å². The number of rotatable bonds is 7. The summed E-state index contributed by atoms with van der Waals surface area (Å²) in [5.41, 5.74) is 4.84. The summed E-state index contributed by atoms with van der Waals surface area (Å²) < 4.78 is 16.8. The summed E-state index contributed by atoms with van der Waals surface area (Å²) in [4.78, 5) is 0. The molecule has 1 atom stereocenters. The quantitative estimate of drug-likeness (QED) is 0.439. The molecule has 0 aliphatic carbocycles. The van der Waals surface area contributed by atoms with E-state index < -0.39 is 0 Å². The van der Waals surface area contributed by atoms with Crippen molar-refractivity contribution in [3.8, 4) is 16.9 Å². The summed E-state index contributed by atoms with van der Waals surface area (Å²) in [5.74, 6) is 0.833. The van der Waals surface area contributed by atoms with Gasteiger partial charge in [0, 0.05) is 12.2 Å². The first-order chi connectivity index (χ1) is 13.2. The molecule has 5 heteroatoms. The Balaban J connectivity index is 1.77. The van der Waals surface area contributed by atoms with Crippen LogP contribution in [0.15, 0.2) is 47.6 Å². The van der Waals surface area contributed by atoms with E-state index >= 15 is 0 Å². The SMILES string of the molecule is COc1ccc(-c2ccc(C(C)=NO)c(CCOC3CCCCO3)c2)cc1. The first-order valence-electron chi connectivity index (χ1n) is 9.41. The zero-order valence-electron chi connectivity index (χ0n) is 16.0. The van der Waals surface area contributed by atoms with Gasteiger partial charge in [-0.1, -0.05) is 35.5 Å². The average molecular weight is 369 g/mol. The van der Waals surface area contributed by atoms with Crippen molar-refractivity contribution in [2.75, 3.05) is 20.3 Å². The lowest BCUT2D eigenvalue weighted by Crippen LogP contribution is -2.23. The highest BCUT2D eigenvalue weighted by Crippen LogP contribution is 2.26. The van der Waals surface area contributed by atoms with Gasteiger partial charge >= 0.3 is 0 Å². The molecule has 1 unspecified atom stereocenters. The van der Waals surface area contributed by atoms with E-state index in [0.29, 0.717) is 12.3 Å². The molecular formula is C22H27NO4. The highest BCUT2D eigenvalue weighted by atomic mass is 16.7. The molecule has 3 rings (SSSR count). The number of benzene rings is 2. The monoisotopic (exact) mass is 369 g/mol. The van der Waals surface area contributed by atoms with E-state index in [4.69, 9.17) is 14.2 Å². The lowest BCUT2D eigenvalue weighted by Gasteiger charge is -2.23. The Kier molecular flexibility index (Phi) is 6.85. The molecule has 1 heterocycles. The molecule has 0 bridgehead atoms. The van der Waals surface area contributed by atoms with E-state index in [1.165, 1.54) is 0 Å². The third-order valence-corrected chi connectivity index (χ3v) is 4.88. The molecule has 1 saturated heterocycles. The minimum Gasteiger partial charge on any atom is -0.497 e. The van der Waals surface area contributed by atoms with Gasteiger partial charge in [0.2, 0.25) is 0 Å². The Bertz CT molecular complexity index is 764. The van der Waals surface area contributed by atoms with Crippen molar-refractivity contribution in [2.24, 2.45) is 5.16 Å². The Labute approximate surface area is 160 Å². The minimum absolute atomic E-state index is 0.0976. The number of nitrogens with zero attached hydrogens (tertiary/aromatic N) is 1. The third kappa shape index (κ3) is 5.08. The van der Waals surface area contributed by atoms with Gasteiger partial charge in [-0.25, -0.2) is 0 Å². The molecule has 27 heavy (non-hydrogen) atoms. The first kappa shape index (κ1) is 19.4. The largest absolute Gasteiger partial charge is 0.497 e. The molecule has 1 fully saturated rings. The van der Waals surface area contributed by atoms with Crippen LogP contribution in [0.3, 0.4) is 0 Å². The topological polar surface area (TPSA) is 60.3 Å². The van der Waals surface area contributed by atoms with Crippen LogP contribution in [0.5, 0.6) is 5.75 Å². The highest BCUT2D eigenvalue weighted by molar-refractivity contribution is 6.00. The minimum atomic E-state index is -0.0976. The van der Waals surface area contributed by atoms with Gasteiger partial charge in [-0.2, -0.15) is 0 Å². The van der Waals surface area contributed by atoms with Gasteiger partial charge in [-0.3, -0.25) is 0 Å². The van der Waals surface area contributed by atoms with Gasteiger partial charge in [0.05, 0.1) is 19.4 Å². The van der Waals surface area contributed by atoms with E-state index in [-0.39, 0.29) is 6.29 Å². The number of ether oxygens (including phenoxy) is 3. The molecule has 2 aromatic carbocycles. The van der Waals surface area contributed by atoms with Gasteiger partial charge in [0.1, 0.15) is 5.75 Å². The predicted molar refractivity (Wildman–Crippen MR) is 106 cm³/mol. The van der Waals surface area contributed by atoms with E-state index in [1.807, 2.05) is 36.4 Å². The van der Waals surface area contributed by atoms with Crippen LogP contribution in [-0.2, 0) is 15.9 Å². The fourth-order valence-corrected chi connectivity index (χ4v) is 3.31. The van der Waals surface area contributed by atoms with Crippen LogP contribution in [0.4, 0.5) is 0 Å². The lowest BCUT2D eigenvalue weighted by atomic mass is 9.95. The second-order valence-electron chi connectivity index (χ2n) is 6.70. The summed E-state index contributed by atoms with van der Waals surface area (Å²) in [5, 5.41) is 12.6. The normalized spacial score (nSPS) is 17.7. The van der Waals surface area contributed by atoms with Crippen LogP contribution < -0.4 is 4.74 Å². The number of oxime groups is 1. The molecule has 1 aliphatic rings. The van der Waals surface area contributed by atoms with Crippen molar-refractivity contribution in [3.05, 3.63) is 53.6 Å². The maximum Gasteiger partial charge on any atom is 0.157 e. The molecule has 2 aromatic rings. The van der Waals surface area contributed by atoms with Crippen LogP contribution in [0.1, 0.15) is 37.3 Å². The van der Waals surface area contributed by atoms with Crippen molar-refractivity contribution < 1.29 is 19.4 Å². The summed E-state index contributed by atoms with van der Waals surface area (Å²) >= 11 is 0. The van der Waals surface area contributed by atoms with Gasteiger partial charge in [0.25, 0.3) is 0 Å². The van der Waals surface area contributed by atoms with Crippen molar-refractivity contribution in [2.45, 2.75) is 38.9 Å². The number of methoxy groups -OCH3 is 1. The van der Waals surface area contributed by atoms with Crippen molar-refractivity contribution in [3.63, 3.8) is 0 Å². The molecule has 0 radical (unpaired) electrons. The fraction of sp³-hybridized carbons (Fsp3) is 0.409. The number of hydrogen-bond acceptors (Lipinski definition) is 5.